The highest BCUT2D eigenvalue weighted by Gasteiger charge is 2.48. The van der Waals surface area contributed by atoms with Crippen molar-refractivity contribution < 1.29 is 56.2 Å². The van der Waals surface area contributed by atoms with Crippen LogP contribution in [0.5, 0.6) is 0 Å². The van der Waals surface area contributed by atoms with Gasteiger partial charge in [0.25, 0.3) is 0 Å². The van der Waals surface area contributed by atoms with E-state index in [1.807, 2.05) is 0 Å². The van der Waals surface area contributed by atoms with Gasteiger partial charge in [-0.25, -0.2) is 4.18 Å². The maximum atomic E-state index is 12.9. The molecule has 4 N–H and O–H groups in total. The van der Waals surface area contributed by atoms with Gasteiger partial charge >= 0.3 is 16.4 Å². The Kier molecular flexibility index (Phi) is 46.4. The summed E-state index contributed by atoms with van der Waals surface area (Å²) < 4.78 is 59.4. The number of allylic oxidation sites excluding steroid dienone is 12. The van der Waals surface area contributed by atoms with Gasteiger partial charge in [0.2, 0.25) is 0 Å². The summed E-state index contributed by atoms with van der Waals surface area (Å²) in [6.07, 6.45) is 56.5. The number of aliphatic hydroxyl groups excluding tert-OH is 3. The van der Waals surface area contributed by atoms with Gasteiger partial charge in [-0.3, -0.25) is 9.35 Å². The molecule has 0 aromatic carbocycles. The molecule has 0 aromatic heterocycles. The first-order chi connectivity index (χ1) is 35.1. The number of hydrogen-bond donors (Lipinski definition) is 4. The molecule has 72 heavy (non-hydrogen) atoms. The van der Waals surface area contributed by atoms with Crippen LogP contribution in [0.25, 0.3) is 0 Å². The molecule has 1 fully saturated rings. The number of esters is 1. The van der Waals surface area contributed by atoms with Crippen LogP contribution in [0.1, 0.15) is 232 Å². The standard InChI is InChI=1S/C59H104O12S/c1-3-5-7-9-11-13-15-17-19-21-23-25-26-27-29-31-33-35-37-39-41-43-45-47-49-67-51-53(52-68-59-57(63)58(71-72(64,65)66)56(62)54(50-60)70-59)69-55(61)48-46-44-42-40-38-36-34-32-30-28-24-22-20-18-16-14-12-10-8-6-4-2/h6,8,12,14,18,20-21,23-24,28,32,34,53-54,56-60,62-63H,3-5,7,9-11,13,15-17,19,22,25-27,29-31,33,35-52H2,1-2H3,(H,64,65,66)/b8-6-,14-12-,20-18-,23-21-,28-24-,34-32-. The van der Waals surface area contributed by atoms with E-state index >= 15 is 0 Å². The van der Waals surface area contributed by atoms with Crippen LogP contribution in [-0.4, -0.2) is 97.5 Å². The second-order valence-electron chi connectivity index (χ2n) is 19.5. The third kappa shape index (κ3) is 41.8. The third-order valence-electron chi connectivity index (χ3n) is 12.8. The van der Waals surface area contributed by atoms with E-state index in [-0.39, 0.29) is 19.6 Å². The van der Waals surface area contributed by atoms with Crippen LogP contribution >= 0.6 is 0 Å². The number of carbonyl (C=O) groups is 1. The summed E-state index contributed by atoms with van der Waals surface area (Å²) in [4.78, 5) is 12.9. The maximum Gasteiger partial charge on any atom is 0.397 e. The van der Waals surface area contributed by atoms with Gasteiger partial charge in [-0.1, -0.05) is 215 Å². The molecule has 418 valence electrons. The van der Waals surface area contributed by atoms with Crippen molar-refractivity contribution in [2.24, 2.45) is 0 Å². The molecule has 1 aliphatic heterocycles. The van der Waals surface area contributed by atoms with E-state index in [1.165, 1.54) is 122 Å². The van der Waals surface area contributed by atoms with Gasteiger partial charge in [-0.2, -0.15) is 8.42 Å². The Morgan fingerprint density at radius 1 is 0.542 bits per heavy atom. The molecule has 1 rings (SSSR count). The zero-order valence-corrected chi connectivity index (χ0v) is 46.0. The first kappa shape index (κ1) is 67.6. The number of aliphatic hydroxyl groups is 3. The van der Waals surface area contributed by atoms with Crippen LogP contribution < -0.4 is 0 Å². The van der Waals surface area contributed by atoms with Gasteiger partial charge < -0.3 is 34.3 Å². The van der Waals surface area contributed by atoms with Crippen molar-refractivity contribution in [1.29, 1.82) is 0 Å². The van der Waals surface area contributed by atoms with Crippen LogP contribution in [0.3, 0.4) is 0 Å². The highest BCUT2D eigenvalue weighted by molar-refractivity contribution is 7.80. The van der Waals surface area contributed by atoms with Crippen molar-refractivity contribution in [3.8, 4) is 0 Å². The Morgan fingerprint density at radius 3 is 1.42 bits per heavy atom. The summed E-state index contributed by atoms with van der Waals surface area (Å²) in [5.74, 6) is -0.417. The summed E-state index contributed by atoms with van der Waals surface area (Å²) in [7, 11) is -5.07. The van der Waals surface area contributed by atoms with Crippen molar-refractivity contribution in [3.63, 3.8) is 0 Å². The first-order valence-electron chi connectivity index (χ1n) is 28.7. The Balaban J connectivity index is 2.32. The van der Waals surface area contributed by atoms with E-state index in [2.05, 4.69) is 90.9 Å². The third-order valence-corrected chi connectivity index (χ3v) is 13.3. The fourth-order valence-corrected chi connectivity index (χ4v) is 9.03. The smallest absolute Gasteiger partial charge is 0.397 e. The molecular formula is C59H104O12S. The van der Waals surface area contributed by atoms with Crippen LogP contribution in [0.4, 0.5) is 0 Å². The largest absolute Gasteiger partial charge is 0.457 e. The van der Waals surface area contributed by atoms with Crippen molar-refractivity contribution in [2.75, 3.05) is 26.4 Å². The average molecular weight is 1040 g/mol. The summed E-state index contributed by atoms with van der Waals surface area (Å²) >= 11 is 0. The number of hydrogen-bond acceptors (Lipinski definition) is 11. The van der Waals surface area contributed by atoms with E-state index in [1.54, 1.807) is 0 Å². The van der Waals surface area contributed by atoms with Crippen LogP contribution in [0, 0.1) is 0 Å². The lowest BCUT2D eigenvalue weighted by molar-refractivity contribution is -0.301. The van der Waals surface area contributed by atoms with E-state index in [0.717, 1.165) is 83.5 Å². The molecule has 0 saturated carbocycles. The Hall–Kier alpha value is -2.46. The van der Waals surface area contributed by atoms with E-state index in [9.17, 15) is 33.1 Å². The first-order valence-corrected chi connectivity index (χ1v) is 30.1. The van der Waals surface area contributed by atoms with Crippen molar-refractivity contribution in [2.45, 2.75) is 269 Å². The normalized spacial score (nSPS) is 19.4. The molecule has 0 bridgehead atoms. The topological polar surface area (TPSA) is 178 Å². The quantitative estimate of drug-likeness (QED) is 0.0196. The van der Waals surface area contributed by atoms with Gasteiger partial charge in [-0.05, 0) is 83.5 Å². The molecule has 0 radical (unpaired) electrons. The Morgan fingerprint density at radius 2 is 0.958 bits per heavy atom. The number of ether oxygens (including phenoxy) is 4. The SMILES string of the molecule is CC/C=C\C/C=C\C/C=C\C/C=C\C/C=C\CCCCCCCC(=O)OC(COCCCCCCCCCCCCCC/C=C\CCCCCCCCCC)COC1OC(CO)C(O)C(OS(=O)(=O)O)C1O. The van der Waals surface area contributed by atoms with Crippen molar-refractivity contribution >= 4 is 16.4 Å². The summed E-state index contributed by atoms with van der Waals surface area (Å²) in [6, 6.07) is 0. The lowest BCUT2D eigenvalue weighted by atomic mass is 9.99. The zero-order valence-electron chi connectivity index (χ0n) is 45.2. The highest BCUT2D eigenvalue weighted by atomic mass is 32.3. The molecule has 1 aliphatic rings. The predicted octanol–water partition coefficient (Wildman–Crippen LogP) is 14.2. The Bertz CT molecular complexity index is 1520. The number of rotatable bonds is 50. The summed E-state index contributed by atoms with van der Waals surface area (Å²) in [5.41, 5.74) is 0. The average Bonchev–Trinajstić information content (AvgIpc) is 3.36. The molecule has 1 heterocycles. The van der Waals surface area contributed by atoms with Gasteiger partial charge in [0, 0.05) is 13.0 Å². The van der Waals surface area contributed by atoms with E-state index in [4.69, 9.17) is 18.9 Å². The summed E-state index contributed by atoms with van der Waals surface area (Å²) in [5, 5.41) is 30.8. The van der Waals surface area contributed by atoms with Gasteiger partial charge in [0.1, 0.15) is 30.5 Å². The molecule has 12 nitrogen and oxygen atoms in total. The second-order valence-corrected chi connectivity index (χ2v) is 20.5. The minimum Gasteiger partial charge on any atom is -0.457 e. The zero-order chi connectivity index (χ0) is 52.4. The summed E-state index contributed by atoms with van der Waals surface area (Å²) in [6.45, 7) is 3.88. The molecule has 6 unspecified atom stereocenters. The van der Waals surface area contributed by atoms with Crippen molar-refractivity contribution in [3.05, 3.63) is 72.9 Å². The van der Waals surface area contributed by atoms with Gasteiger partial charge in [0.05, 0.1) is 19.8 Å². The minimum absolute atomic E-state index is 0.0252. The second kappa shape index (κ2) is 49.4. The molecule has 0 aliphatic carbocycles. The van der Waals surface area contributed by atoms with Crippen LogP contribution in [0.15, 0.2) is 72.9 Å². The lowest BCUT2D eigenvalue weighted by Gasteiger charge is -2.41. The minimum atomic E-state index is -5.07. The van der Waals surface area contributed by atoms with E-state index in [0.29, 0.717) is 13.0 Å². The number of carbonyl (C=O) groups excluding carboxylic acids is 1. The van der Waals surface area contributed by atoms with Gasteiger partial charge in [0.15, 0.2) is 6.29 Å². The molecular weight excluding hydrogens is 933 g/mol. The van der Waals surface area contributed by atoms with E-state index < -0.39 is 59.8 Å². The van der Waals surface area contributed by atoms with Crippen LogP contribution in [0.2, 0.25) is 0 Å². The molecule has 0 aromatic rings. The number of unbranched alkanes of at least 4 members (excludes halogenated alkanes) is 25. The molecule has 13 heteroatoms. The monoisotopic (exact) mass is 1040 g/mol. The fourth-order valence-electron chi connectivity index (χ4n) is 8.52. The van der Waals surface area contributed by atoms with Gasteiger partial charge in [-0.15, -0.1) is 0 Å². The molecule has 0 spiro atoms. The van der Waals surface area contributed by atoms with Crippen molar-refractivity contribution in [1.82, 2.24) is 0 Å². The maximum absolute atomic E-state index is 12.9. The predicted molar refractivity (Wildman–Crippen MR) is 294 cm³/mol. The Labute approximate surface area is 439 Å². The molecule has 1 saturated heterocycles. The molecule has 0 amide bonds. The lowest BCUT2D eigenvalue weighted by Crippen LogP contribution is -2.60. The highest BCUT2D eigenvalue weighted by Crippen LogP contribution is 2.26. The van der Waals surface area contributed by atoms with Crippen LogP contribution in [-0.2, 0) is 38.3 Å². The fraction of sp³-hybridized carbons (Fsp3) is 0.780. The molecule has 6 atom stereocenters.